The molecule has 0 radical (unpaired) electrons. The van der Waals surface area contributed by atoms with Gasteiger partial charge in [0.1, 0.15) is 16.1 Å². The molecular formula is C22H25FN4O3S. The topological polar surface area (TPSA) is 67.7 Å². The van der Waals surface area contributed by atoms with E-state index < -0.39 is 5.60 Å². The summed E-state index contributed by atoms with van der Waals surface area (Å²) in [7, 11) is 0. The summed E-state index contributed by atoms with van der Waals surface area (Å²) < 4.78 is 21.3. The van der Waals surface area contributed by atoms with Crippen LogP contribution in [0.2, 0.25) is 0 Å². The Morgan fingerprint density at radius 2 is 1.94 bits per heavy atom. The number of hydrogen-bond donors (Lipinski definition) is 0. The Morgan fingerprint density at radius 3 is 2.61 bits per heavy atom. The number of nitrogens with zero attached hydrogens (tertiary/aromatic N) is 4. The van der Waals surface area contributed by atoms with E-state index in [0.717, 1.165) is 0 Å². The van der Waals surface area contributed by atoms with Crippen LogP contribution in [0.25, 0.3) is 10.2 Å². The van der Waals surface area contributed by atoms with Gasteiger partial charge >= 0.3 is 6.09 Å². The molecule has 1 saturated heterocycles. The van der Waals surface area contributed by atoms with Gasteiger partial charge in [-0.3, -0.25) is 9.36 Å². The van der Waals surface area contributed by atoms with E-state index in [9.17, 15) is 14.0 Å². The molecular weight excluding hydrogens is 419 g/mol. The Morgan fingerprint density at radius 1 is 1.19 bits per heavy atom. The van der Waals surface area contributed by atoms with E-state index in [-0.39, 0.29) is 24.0 Å². The Hall–Kier alpha value is -2.94. The van der Waals surface area contributed by atoms with E-state index in [0.29, 0.717) is 47.9 Å². The lowest BCUT2D eigenvalue weighted by Crippen LogP contribution is -2.51. The summed E-state index contributed by atoms with van der Waals surface area (Å²) in [5.41, 5.74) is 0.642. The molecule has 0 aliphatic carbocycles. The SMILES string of the molecule is CC(C)(C)OC(=O)N1CCN(c2nc3ccsc3c(=O)n2Cc2cccc(F)c2)CC1. The quantitative estimate of drug-likeness (QED) is 0.616. The molecule has 0 bridgehead atoms. The van der Waals surface area contributed by atoms with Crippen molar-refractivity contribution in [2.75, 3.05) is 31.1 Å². The summed E-state index contributed by atoms with van der Waals surface area (Å²) in [5, 5.41) is 1.84. The second-order valence-electron chi connectivity index (χ2n) is 8.52. The molecule has 2 aromatic heterocycles. The average Bonchev–Trinajstić information content (AvgIpc) is 3.18. The highest BCUT2D eigenvalue weighted by molar-refractivity contribution is 7.17. The van der Waals surface area contributed by atoms with Gasteiger partial charge in [-0.05, 0) is 49.9 Å². The Bertz CT molecular complexity index is 1160. The van der Waals surface area contributed by atoms with Gasteiger partial charge in [-0.15, -0.1) is 11.3 Å². The van der Waals surface area contributed by atoms with Gasteiger partial charge in [0.25, 0.3) is 5.56 Å². The van der Waals surface area contributed by atoms with Gasteiger partial charge in [0, 0.05) is 26.2 Å². The number of aromatic nitrogens is 2. The molecule has 0 N–H and O–H groups in total. The van der Waals surface area contributed by atoms with E-state index >= 15 is 0 Å². The number of thiophene rings is 1. The van der Waals surface area contributed by atoms with Gasteiger partial charge in [-0.1, -0.05) is 12.1 Å². The van der Waals surface area contributed by atoms with Gasteiger partial charge in [0.15, 0.2) is 0 Å². The minimum absolute atomic E-state index is 0.145. The van der Waals surface area contributed by atoms with Crippen LogP contribution in [0, 0.1) is 5.82 Å². The number of anilines is 1. The standard InChI is InChI=1S/C22H25FN4O3S/c1-22(2,3)30-21(29)26-10-8-25(9-11-26)20-24-17-7-12-31-18(17)19(28)27(20)14-15-5-4-6-16(23)13-15/h4-7,12-13H,8-11,14H2,1-3H3. The maximum atomic E-state index is 13.7. The number of benzene rings is 1. The lowest BCUT2D eigenvalue weighted by Gasteiger charge is -2.36. The molecule has 3 aromatic rings. The van der Waals surface area contributed by atoms with Crippen LogP contribution in [-0.2, 0) is 11.3 Å². The Balaban J connectivity index is 1.61. The molecule has 0 spiro atoms. The molecule has 4 rings (SSSR count). The van der Waals surface area contributed by atoms with Crippen molar-refractivity contribution in [3.05, 3.63) is 57.4 Å². The van der Waals surface area contributed by atoms with Gasteiger partial charge in [0.05, 0.1) is 12.1 Å². The van der Waals surface area contributed by atoms with Crippen LogP contribution < -0.4 is 10.5 Å². The smallest absolute Gasteiger partial charge is 0.410 e. The second kappa shape index (κ2) is 8.30. The highest BCUT2D eigenvalue weighted by atomic mass is 32.1. The summed E-state index contributed by atoms with van der Waals surface area (Å²) >= 11 is 1.35. The lowest BCUT2D eigenvalue weighted by molar-refractivity contribution is 0.0240. The van der Waals surface area contributed by atoms with Crippen LogP contribution in [0.15, 0.2) is 40.5 Å². The number of ether oxygens (including phenoxy) is 1. The van der Waals surface area contributed by atoms with Crippen molar-refractivity contribution >= 4 is 33.6 Å². The zero-order chi connectivity index (χ0) is 22.2. The van der Waals surface area contributed by atoms with Gasteiger partial charge < -0.3 is 14.5 Å². The summed E-state index contributed by atoms with van der Waals surface area (Å²) in [4.78, 5) is 34.0. The minimum atomic E-state index is -0.550. The fourth-order valence-corrected chi connectivity index (χ4v) is 4.33. The van der Waals surface area contributed by atoms with Crippen molar-refractivity contribution in [3.63, 3.8) is 0 Å². The first-order valence-electron chi connectivity index (χ1n) is 10.2. The van der Waals surface area contributed by atoms with Crippen LogP contribution in [0.1, 0.15) is 26.3 Å². The molecule has 0 unspecified atom stereocenters. The first-order chi connectivity index (χ1) is 14.7. The first kappa shape index (κ1) is 21.3. The van der Waals surface area contributed by atoms with Gasteiger partial charge in [-0.2, -0.15) is 0 Å². The van der Waals surface area contributed by atoms with Crippen molar-refractivity contribution in [3.8, 4) is 0 Å². The summed E-state index contributed by atoms with van der Waals surface area (Å²) in [6.45, 7) is 7.71. The predicted molar refractivity (Wildman–Crippen MR) is 119 cm³/mol. The number of rotatable bonds is 3. The number of hydrogen-bond acceptors (Lipinski definition) is 6. The number of halogens is 1. The van der Waals surface area contributed by atoms with E-state index in [1.807, 2.05) is 37.1 Å². The molecule has 31 heavy (non-hydrogen) atoms. The van der Waals surface area contributed by atoms with Crippen LogP contribution in [0.5, 0.6) is 0 Å². The lowest BCUT2D eigenvalue weighted by atomic mass is 10.2. The summed E-state index contributed by atoms with van der Waals surface area (Å²) in [6.07, 6.45) is -0.342. The molecule has 0 atom stereocenters. The highest BCUT2D eigenvalue weighted by Gasteiger charge is 2.28. The van der Waals surface area contributed by atoms with E-state index in [1.165, 1.54) is 23.5 Å². The monoisotopic (exact) mass is 444 g/mol. The number of carbonyl (C=O) groups excluding carboxylic acids is 1. The van der Waals surface area contributed by atoms with Crippen molar-refractivity contribution < 1.29 is 13.9 Å². The fourth-order valence-electron chi connectivity index (χ4n) is 3.55. The van der Waals surface area contributed by atoms with Crippen molar-refractivity contribution in [1.29, 1.82) is 0 Å². The Kier molecular flexibility index (Phi) is 5.70. The molecule has 1 fully saturated rings. The van der Waals surface area contributed by atoms with Gasteiger partial charge in [-0.25, -0.2) is 14.2 Å². The third-order valence-corrected chi connectivity index (χ3v) is 5.88. The third-order valence-electron chi connectivity index (χ3n) is 4.99. The van der Waals surface area contributed by atoms with Crippen LogP contribution in [-0.4, -0.2) is 52.3 Å². The van der Waals surface area contributed by atoms with Crippen molar-refractivity contribution in [2.24, 2.45) is 0 Å². The molecule has 9 heteroatoms. The van der Waals surface area contributed by atoms with Crippen LogP contribution in [0.4, 0.5) is 15.1 Å². The van der Waals surface area contributed by atoms with Crippen LogP contribution in [0.3, 0.4) is 0 Å². The van der Waals surface area contributed by atoms with Crippen LogP contribution >= 0.6 is 11.3 Å². The van der Waals surface area contributed by atoms with E-state index in [1.54, 1.807) is 21.6 Å². The normalized spacial score (nSPS) is 14.8. The zero-order valence-electron chi connectivity index (χ0n) is 17.8. The molecule has 1 aromatic carbocycles. The zero-order valence-corrected chi connectivity index (χ0v) is 18.6. The second-order valence-corrected chi connectivity index (χ2v) is 9.44. The van der Waals surface area contributed by atoms with E-state index in [2.05, 4.69) is 0 Å². The van der Waals surface area contributed by atoms with Gasteiger partial charge in [0.2, 0.25) is 5.95 Å². The van der Waals surface area contributed by atoms with Crippen molar-refractivity contribution in [2.45, 2.75) is 32.9 Å². The first-order valence-corrected chi connectivity index (χ1v) is 11.0. The maximum absolute atomic E-state index is 13.7. The molecule has 1 amide bonds. The molecule has 1 aliphatic rings. The Labute approximate surface area is 183 Å². The number of fused-ring (bicyclic) bond motifs is 1. The average molecular weight is 445 g/mol. The third kappa shape index (κ3) is 4.71. The molecule has 1 aliphatic heterocycles. The highest BCUT2D eigenvalue weighted by Crippen LogP contribution is 2.22. The minimum Gasteiger partial charge on any atom is -0.444 e. The van der Waals surface area contributed by atoms with E-state index in [4.69, 9.17) is 9.72 Å². The maximum Gasteiger partial charge on any atom is 0.410 e. The summed E-state index contributed by atoms with van der Waals surface area (Å²) in [6, 6.07) is 8.05. The number of piperazine rings is 1. The number of carbonyl (C=O) groups is 1. The number of amides is 1. The molecule has 3 heterocycles. The molecule has 164 valence electrons. The van der Waals surface area contributed by atoms with Crippen molar-refractivity contribution in [1.82, 2.24) is 14.5 Å². The fraction of sp³-hybridized carbons (Fsp3) is 0.409. The predicted octanol–water partition coefficient (Wildman–Crippen LogP) is 3.70. The largest absolute Gasteiger partial charge is 0.444 e. The molecule has 0 saturated carbocycles. The molecule has 7 nitrogen and oxygen atoms in total. The summed E-state index contributed by atoms with van der Waals surface area (Å²) in [5.74, 6) is 0.187.